The lowest BCUT2D eigenvalue weighted by Gasteiger charge is -2.10. The van der Waals surface area contributed by atoms with E-state index in [0.29, 0.717) is 6.54 Å². The number of hydrogen-bond acceptors (Lipinski definition) is 4. The van der Waals surface area contributed by atoms with Gasteiger partial charge in [0.25, 0.3) is 0 Å². The van der Waals surface area contributed by atoms with E-state index >= 15 is 0 Å². The summed E-state index contributed by atoms with van der Waals surface area (Å²) in [5, 5.41) is 0. The highest BCUT2D eigenvalue weighted by molar-refractivity contribution is 9.10. The molecule has 142 valence electrons. The summed E-state index contributed by atoms with van der Waals surface area (Å²) in [5.74, 6) is 0.761. The van der Waals surface area contributed by atoms with Crippen molar-refractivity contribution in [1.29, 1.82) is 0 Å². The molecule has 0 saturated carbocycles. The van der Waals surface area contributed by atoms with Gasteiger partial charge in [-0.15, -0.1) is 0 Å². The van der Waals surface area contributed by atoms with Crippen molar-refractivity contribution in [2.75, 3.05) is 6.54 Å². The Morgan fingerprint density at radius 2 is 1.71 bits per heavy atom. The minimum Gasteiger partial charge on any atom is -0.307 e. The van der Waals surface area contributed by atoms with Crippen molar-refractivity contribution >= 4 is 37.1 Å². The maximum absolute atomic E-state index is 12.5. The molecule has 0 radical (unpaired) electrons. The van der Waals surface area contributed by atoms with Crippen LogP contribution >= 0.6 is 15.9 Å². The predicted molar refractivity (Wildman–Crippen MR) is 112 cm³/mol. The lowest BCUT2D eigenvalue weighted by atomic mass is 10.2. The number of hydrogen-bond donors (Lipinski definition) is 1. The van der Waals surface area contributed by atoms with Gasteiger partial charge in [0.2, 0.25) is 10.0 Å². The van der Waals surface area contributed by atoms with Gasteiger partial charge in [0.1, 0.15) is 11.3 Å². The van der Waals surface area contributed by atoms with Gasteiger partial charge in [-0.1, -0.05) is 46.3 Å². The first kappa shape index (κ1) is 18.8. The van der Waals surface area contributed by atoms with Crippen LogP contribution in [-0.4, -0.2) is 29.5 Å². The number of fused-ring (bicyclic) bond motifs is 1. The van der Waals surface area contributed by atoms with E-state index in [2.05, 4.69) is 30.6 Å². The summed E-state index contributed by atoms with van der Waals surface area (Å²) in [5.41, 5.74) is 2.46. The maximum Gasteiger partial charge on any atom is 0.240 e. The van der Waals surface area contributed by atoms with Crippen LogP contribution in [0, 0.1) is 0 Å². The summed E-state index contributed by atoms with van der Waals surface area (Å²) >= 11 is 3.31. The third-order valence-corrected chi connectivity index (χ3v) is 6.29. The number of benzene rings is 2. The zero-order valence-corrected chi connectivity index (χ0v) is 17.2. The standard InChI is InChI=1S/C20H17BrN4O2S/c21-16-8-10-17(11-9-16)28(26,27)23-13-14-25-19(15-5-2-1-3-6-15)24-18-7-4-12-22-20(18)25/h1-12,23H,13-14H2. The minimum atomic E-state index is -3.59. The molecule has 1 N–H and O–H groups in total. The first-order valence-corrected chi connectivity index (χ1v) is 10.9. The molecule has 0 fully saturated rings. The molecule has 4 aromatic rings. The largest absolute Gasteiger partial charge is 0.307 e. The minimum absolute atomic E-state index is 0.222. The van der Waals surface area contributed by atoms with Crippen molar-refractivity contribution in [3.05, 3.63) is 77.4 Å². The van der Waals surface area contributed by atoms with Gasteiger partial charge in [-0.05, 0) is 36.4 Å². The van der Waals surface area contributed by atoms with Crippen LogP contribution in [-0.2, 0) is 16.6 Å². The Morgan fingerprint density at radius 1 is 0.964 bits per heavy atom. The number of nitrogens with zero attached hydrogens (tertiary/aromatic N) is 3. The SMILES string of the molecule is O=S(=O)(NCCn1c(-c2ccccc2)nc2cccnc21)c1ccc(Br)cc1. The van der Waals surface area contributed by atoms with Gasteiger partial charge in [0, 0.05) is 29.3 Å². The van der Waals surface area contributed by atoms with Gasteiger partial charge in [-0.3, -0.25) is 0 Å². The van der Waals surface area contributed by atoms with Gasteiger partial charge in [-0.2, -0.15) is 0 Å². The van der Waals surface area contributed by atoms with E-state index in [1.54, 1.807) is 30.5 Å². The van der Waals surface area contributed by atoms with Gasteiger partial charge >= 0.3 is 0 Å². The molecule has 0 aliphatic rings. The molecule has 0 aliphatic heterocycles. The van der Waals surface area contributed by atoms with Gasteiger partial charge in [0.05, 0.1) is 4.90 Å². The number of pyridine rings is 1. The third-order valence-electron chi connectivity index (χ3n) is 4.29. The van der Waals surface area contributed by atoms with Crippen LogP contribution in [0.5, 0.6) is 0 Å². The molecular formula is C20H17BrN4O2S. The van der Waals surface area contributed by atoms with Crippen molar-refractivity contribution in [3.8, 4) is 11.4 Å². The molecule has 0 unspecified atom stereocenters. The molecule has 0 spiro atoms. The average molecular weight is 457 g/mol. The highest BCUT2D eigenvalue weighted by atomic mass is 79.9. The van der Waals surface area contributed by atoms with Crippen molar-refractivity contribution in [3.63, 3.8) is 0 Å². The highest BCUT2D eigenvalue weighted by Crippen LogP contribution is 2.23. The number of rotatable bonds is 6. The van der Waals surface area contributed by atoms with Crippen LogP contribution in [0.3, 0.4) is 0 Å². The molecule has 4 rings (SSSR count). The molecular weight excluding hydrogens is 440 g/mol. The molecule has 8 heteroatoms. The molecule has 0 atom stereocenters. The van der Waals surface area contributed by atoms with E-state index in [9.17, 15) is 8.42 Å². The number of nitrogens with one attached hydrogen (secondary N) is 1. The van der Waals surface area contributed by atoms with E-state index < -0.39 is 10.0 Å². The van der Waals surface area contributed by atoms with Crippen LogP contribution < -0.4 is 4.72 Å². The predicted octanol–water partition coefficient (Wildman–Crippen LogP) is 3.84. The van der Waals surface area contributed by atoms with Crippen LogP contribution in [0.25, 0.3) is 22.6 Å². The Labute approximate surface area is 171 Å². The normalized spacial score (nSPS) is 11.8. The van der Waals surface area contributed by atoms with E-state index in [0.717, 1.165) is 27.0 Å². The molecule has 0 bridgehead atoms. The van der Waals surface area contributed by atoms with Gasteiger partial charge in [0.15, 0.2) is 5.65 Å². The average Bonchev–Trinajstić information content (AvgIpc) is 3.08. The van der Waals surface area contributed by atoms with E-state index in [1.807, 2.05) is 47.0 Å². The number of sulfonamides is 1. The van der Waals surface area contributed by atoms with Gasteiger partial charge in [-0.25, -0.2) is 23.1 Å². The van der Waals surface area contributed by atoms with E-state index in [-0.39, 0.29) is 11.4 Å². The van der Waals surface area contributed by atoms with Crippen molar-refractivity contribution < 1.29 is 8.42 Å². The Morgan fingerprint density at radius 3 is 2.46 bits per heavy atom. The molecule has 2 heterocycles. The van der Waals surface area contributed by atoms with Crippen molar-refractivity contribution in [2.45, 2.75) is 11.4 Å². The second kappa shape index (κ2) is 7.83. The van der Waals surface area contributed by atoms with Crippen LogP contribution in [0.1, 0.15) is 0 Å². The topological polar surface area (TPSA) is 76.9 Å². The van der Waals surface area contributed by atoms with Crippen LogP contribution in [0.4, 0.5) is 0 Å². The van der Waals surface area contributed by atoms with Crippen LogP contribution in [0.2, 0.25) is 0 Å². The fourth-order valence-corrected chi connectivity index (χ4v) is 4.25. The van der Waals surface area contributed by atoms with Gasteiger partial charge < -0.3 is 4.57 Å². The number of aromatic nitrogens is 3. The fourth-order valence-electron chi connectivity index (χ4n) is 2.97. The second-order valence-electron chi connectivity index (χ2n) is 6.15. The quantitative estimate of drug-likeness (QED) is 0.478. The lowest BCUT2D eigenvalue weighted by Crippen LogP contribution is -2.27. The van der Waals surface area contributed by atoms with E-state index in [1.165, 1.54) is 0 Å². The number of imidazole rings is 1. The first-order chi connectivity index (χ1) is 13.5. The summed E-state index contributed by atoms with van der Waals surface area (Å²) in [7, 11) is -3.59. The fraction of sp³-hybridized carbons (Fsp3) is 0.100. The third kappa shape index (κ3) is 3.84. The lowest BCUT2D eigenvalue weighted by molar-refractivity contribution is 0.574. The molecule has 0 amide bonds. The Hall–Kier alpha value is -2.55. The monoisotopic (exact) mass is 456 g/mol. The molecule has 0 aliphatic carbocycles. The Bertz CT molecular complexity index is 1210. The highest BCUT2D eigenvalue weighted by Gasteiger charge is 2.16. The Balaban J connectivity index is 1.60. The summed E-state index contributed by atoms with van der Waals surface area (Å²) in [6.07, 6.45) is 1.71. The van der Waals surface area contributed by atoms with Crippen LogP contribution in [0.15, 0.2) is 82.3 Å². The molecule has 2 aromatic heterocycles. The molecule has 6 nitrogen and oxygen atoms in total. The summed E-state index contributed by atoms with van der Waals surface area (Å²) < 4.78 is 30.5. The first-order valence-electron chi connectivity index (χ1n) is 8.66. The van der Waals surface area contributed by atoms with Crippen molar-refractivity contribution in [1.82, 2.24) is 19.3 Å². The molecule has 2 aromatic carbocycles. The summed E-state index contributed by atoms with van der Waals surface area (Å²) in [4.78, 5) is 9.34. The zero-order valence-electron chi connectivity index (χ0n) is 14.8. The van der Waals surface area contributed by atoms with E-state index in [4.69, 9.17) is 0 Å². The zero-order chi connectivity index (χ0) is 19.6. The summed E-state index contributed by atoms with van der Waals surface area (Å²) in [6.45, 7) is 0.633. The second-order valence-corrected chi connectivity index (χ2v) is 8.83. The molecule has 28 heavy (non-hydrogen) atoms. The smallest absolute Gasteiger partial charge is 0.240 e. The molecule has 0 saturated heterocycles. The maximum atomic E-state index is 12.5. The van der Waals surface area contributed by atoms with Crippen molar-refractivity contribution in [2.24, 2.45) is 0 Å². The summed E-state index contributed by atoms with van der Waals surface area (Å²) in [6, 6.07) is 20.1. The Kier molecular flexibility index (Phi) is 5.25. The number of halogens is 1.